The lowest BCUT2D eigenvalue weighted by atomic mass is 10.2. The number of aromatic nitrogens is 2. The van der Waals surface area contributed by atoms with Crippen LogP contribution >= 0.6 is 23.1 Å². The third-order valence-electron chi connectivity index (χ3n) is 3.68. The molecule has 0 aliphatic carbocycles. The molecule has 3 aromatic rings. The van der Waals surface area contributed by atoms with Crippen LogP contribution in [0.3, 0.4) is 0 Å². The van der Waals surface area contributed by atoms with Crippen LogP contribution < -0.4 is 16.0 Å². The molecule has 0 unspecified atom stereocenters. The molecule has 0 aliphatic heterocycles. The van der Waals surface area contributed by atoms with Gasteiger partial charge in [0.2, 0.25) is 22.9 Å². The first-order chi connectivity index (χ1) is 15.0. The zero-order chi connectivity index (χ0) is 22.1. The molecule has 3 N–H and O–H groups in total. The first kappa shape index (κ1) is 22.2. The van der Waals surface area contributed by atoms with E-state index in [9.17, 15) is 14.4 Å². The molecular formula is C21H19N5O3S2. The van der Waals surface area contributed by atoms with Crippen LogP contribution in [-0.2, 0) is 14.4 Å². The number of carbonyl (C=O) groups excluding carboxylic acids is 3. The summed E-state index contributed by atoms with van der Waals surface area (Å²) < 4.78 is 0.568. The molecule has 0 aliphatic rings. The normalized spacial score (nSPS) is 10.6. The van der Waals surface area contributed by atoms with Crippen molar-refractivity contribution in [3.05, 3.63) is 66.2 Å². The van der Waals surface area contributed by atoms with Gasteiger partial charge in [-0.1, -0.05) is 53.4 Å². The lowest BCUT2D eigenvalue weighted by Gasteiger charge is -2.06. The molecule has 0 bridgehead atoms. The van der Waals surface area contributed by atoms with E-state index in [1.165, 1.54) is 36.1 Å². The molecular weight excluding hydrogens is 434 g/mol. The molecule has 0 radical (unpaired) electrons. The van der Waals surface area contributed by atoms with E-state index in [0.29, 0.717) is 20.8 Å². The molecule has 3 amide bonds. The van der Waals surface area contributed by atoms with Gasteiger partial charge in [-0.15, -0.1) is 10.2 Å². The molecule has 8 nitrogen and oxygen atoms in total. The van der Waals surface area contributed by atoms with Gasteiger partial charge in [0, 0.05) is 24.4 Å². The Balaban J connectivity index is 1.44. The number of rotatable bonds is 8. The smallest absolute Gasteiger partial charge is 0.250 e. The van der Waals surface area contributed by atoms with Gasteiger partial charge in [0.1, 0.15) is 0 Å². The predicted molar refractivity (Wildman–Crippen MR) is 124 cm³/mol. The van der Waals surface area contributed by atoms with Crippen LogP contribution in [0.2, 0.25) is 0 Å². The number of nitrogens with one attached hydrogen (secondary N) is 3. The maximum atomic E-state index is 12.1. The zero-order valence-electron chi connectivity index (χ0n) is 16.5. The molecule has 1 aromatic heterocycles. The third kappa shape index (κ3) is 7.68. The van der Waals surface area contributed by atoms with E-state index >= 15 is 0 Å². The molecule has 3 rings (SSSR count). The summed E-state index contributed by atoms with van der Waals surface area (Å²) in [7, 11) is 0. The summed E-state index contributed by atoms with van der Waals surface area (Å²) >= 11 is 2.42. The number of anilines is 3. The van der Waals surface area contributed by atoms with E-state index in [-0.39, 0.29) is 23.5 Å². The Morgan fingerprint density at radius 2 is 1.61 bits per heavy atom. The quantitative estimate of drug-likeness (QED) is 0.271. The Morgan fingerprint density at radius 3 is 2.29 bits per heavy atom. The number of hydrogen-bond donors (Lipinski definition) is 3. The summed E-state index contributed by atoms with van der Waals surface area (Å²) in [6.07, 6.45) is 3.13. The number of amides is 3. The first-order valence-electron chi connectivity index (χ1n) is 9.16. The van der Waals surface area contributed by atoms with Gasteiger partial charge in [-0.3, -0.25) is 19.7 Å². The van der Waals surface area contributed by atoms with Gasteiger partial charge in [0.25, 0.3) is 0 Å². The van der Waals surface area contributed by atoms with E-state index in [1.807, 2.05) is 30.3 Å². The van der Waals surface area contributed by atoms with Gasteiger partial charge in [-0.2, -0.15) is 0 Å². The molecule has 0 fully saturated rings. The van der Waals surface area contributed by atoms with Crippen molar-refractivity contribution in [1.29, 1.82) is 0 Å². The number of hydrogen-bond acceptors (Lipinski definition) is 7. The van der Waals surface area contributed by atoms with Gasteiger partial charge in [0.05, 0.1) is 5.75 Å². The second-order valence-electron chi connectivity index (χ2n) is 6.20. The monoisotopic (exact) mass is 453 g/mol. The van der Waals surface area contributed by atoms with Crippen molar-refractivity contribution in [2.24, 2.45) is 0 Å². The number of thioether (sulfide) groups is 1. The molecule has 2 aromatic carbocycles. The van der Waals surface area contributed by atoms with E-state index in [4.69, 9.17) is 0 Å². The Bertz CT molecular complexity index is 1080. The molecule has 31 heavy (non-hydrogen) atoms. The summed E-state index contributed by atoms with van der Waals surface area (Å²) in [6, 6.07) is 16.3. The zero-order valence-corrected chi connectivity index (χ0v) is 18.1. The largest absolute Gasteiger partial charge is 0.326 e. The van der Waals surface area contributed by atoms with Crippen molar-refractivity contribution in [3.8, 4) is 0 Å². The molecule has 158 valence electrons. The highest BCUT2D eigenvalue weighted by Crippen LogP contribution is 2.25. The van der Waals surface area contributed by atoms with Crippen LogP contribution in [-0.4, -0.2) is 33.7 Å². The Labute approximate surface area is 187 Å². The van der Waals surface area contributed by atoms with E-state index in [1.54, 1.807) is 30.3 Å². The Kier molecular flexibility index (Phi) is 7.91. The van der Waals surface area contributed by atoms with Gasteiger partial charge < -0.3 is 10.6 Å². The molecule has 0 spiro atoms. The Morgan fingerprint density at radius 1 is 0.935 bits per heavy atom. The molecule has 1 heterocycles. The standard InChI is InChI=1S/C21H19N5O3S2/c1-14(27)22-16-8-10-17(11-9-16)23-19(29)13-30-21-26-25-20(31-21)24-18(28)12-7-15-5-3-2-4-6-15/h2-12H,13H2,1H3,(H,22,27)(H,23,29)(H,24,25,28)/b12-7+. The van der Waals surface area contributed by atoms with Gasteiger partial charge in [-0.25, -0.2) is 0 Å². The highest BCUT2D eigenvalue weighted by Gasteiger charge is 2.10. The maximum Gasteiger partial charge on any atom is 0.250 e. The highest BCUT2D eigenvalue weighted by molar-refractivity contribution is 8.01. The minimum atomic E-state index is -0.308. The van der Waals surface area contributed by atoms with Gasteiger partial charge in [-0.05, 0) is 35.9 Å². The number of nitrogens with zero attached hydrogens (tertiary/aromatic N) is 2. The van der Waals surface area contributed by atoms with Crippen molar-refractivity contribution in [1.82, 2.24) is 10.2 Å². The van der Waals surface area contributed by atoms with Crippen LogP contribution in [0.15, 0.2) is 65.0 Å². The fourth-order valence-electron chi connectivity index (χ4n) is 2.37. The molecule has 10 heteroatoms. The van der Waals surface area contributed by atoms with Crippen molar-refractivity contribution in [2.45, 2.75) is 11.3 Å². The van der Waals surface area contributed by atoms with Crippen LogP contribution in [0, 0.1) is 0 Å². The maximum absolute atomic E-state index is 12.1. The fraction of sp³-hybridized carbons (Fsp3) is 0.0952. The predicted octanol–water partition coefficient (Wildman–Crippen LogP) is 3.88. The van der Waals surface area contributed by atoms with Crippen LogP contribution in [0.4, 0.5) is 16.5 Å². The second-order valence-corrected chi connectivity index (χ2v) is 8.40. The van der Waals surface area contributed by atoms with Crippen LogP contribution in [0.25, 0.3) is 6.08 Å². The summed E-state index contributed by atoms with van der Waals surface area (Å²) in [5.41, 5.74) is 2.19. The minimum Gasteiger partial charge on any atom is -0.326 e. The average molecular weight is 454 g/mol. The summed E-state index contributed by atoms with van der Waals surface area (Å²) in [5, 5.41) is 16.3. The topological polar surface area (TPSA) is 113 Å². The number of carbonyl (C=O) groups is 3. The summed E-state index contributed by atoms with van der Waals surface area (Å²) in [6.45, 7) is 1.43. The van der Waals surface area contributed by atoms with E-state index in [0.717, 1.165) is 5.56 Å². The average Bonchev–Trinajstić information content (AvgIpc) is 3.20. The summed E-state index contributed by atoms with van der Waals surface area (Å²) in [5.74, 6) is -0.530. The SMILES string of the molecule is CC(=O)Nc1ccc(NC(=O)CSc2nnc(NC(=O)/C=C/c3ccccc3)s2)cc1. The summed E-state index contributed by atoms with van der Waals surface area (Å²) in [4.78, 5) is 35.2. The van der Waals surface area contributed by atoms with Gasteiger partial charge >= 0.3 is 0 Å². The second kappa shape index (κ2) is 11.0. The van der Waals surface area contributed by atoms with Crippen molar-refractivity contribution >= 4 is 63.4 Å². The Hall–Kier alpha value is -3.50. The number of benzene rings is 2. The van der Waals surface area contributed by atoms with Crippen molar-refractivity contribution in [2.75, 3.05) is 21.7 Å². The third-order valence-corrected chi connectivity index (χ3v) is 5.65. The lowest BCUT2D eigenvalue weighted by Crippen LogP contribution is -2.14. The van der Waals surface area contributed by atoms with Crippen molar-refractivity contribution in [3.63, 3.8) is 0 Å². The molecule has 0 saturated carbocycles. The molecule has 0 saturated heterocycles. The van der Waals surface area contributed by atoms with Gasteiger partial charge in [0.15, 0.2) is 4.34 Å². The van der Waals surface area contributed by atoms with E-state index < -0.39 is 0 Å². The highest BCUT2D eigenvalue weighted by atomic mass is 32.2. The van der Waals surface area contributed by atoms with Crippen molar-refractivity contribution < 1.29 is 14.4 Å². The molecule has 0 atom stereocenters. The van der Waals surface area contributed by atoms with Crippen LogP contribution in [0.5, 0.6) is 0 Å². The first-order valence-corrected chi connectivity index (χ1v) is 11.0. The fourth-order valence-corrected chi connectivity index (χ4v) is 3.92. The lowest BCUT2D eigenvalue weighted by molar-refractivity contribution is -0.114. The van der Waals surface area contributed by atoms with E-state index in [2.05, 4.69) is 26.1 Å². The minimum absolute atomic E-state index is 0.143. The van der Waals surface area contributed by atoms with Crippen LogP contribution in [0.1, 0.15) is 12.5 Å².